The summed E-state index contributed by atoms with van der Waals surface area (Å²) < 4.78 is 12.9. The smallest absolute Gasteiger partial charge is 0.306 e. The molecule has 160 valence electrons. The van der Waals surface area contributed by atoms with Crippen LogP contribution in [0.25, 0.3) is 5.52 Å². The van der Waals surface area contributed by atoms with Gasteiger partial charge in [0, 0.05) is 12.8 Å². The van der Waals surface area contributed by atoms with E-state index in [9.17, 15) is 14.9 Å². The van der Waals surface area contributed by atoms with E-state index in [4.69, 9.17) is 9.47 Å². The van der Waals surface area contributed by atoms with E-state index in [0.29, 0.717) is 42.7 Å². The average molecular weight is 413 g/mol. The molecule has 2 aromatic heterocycles. The van der Waals surface area contributed by atoms with E-state index >= 15 is 0 Å². The molecule has 2 aromatic rings. The molecule has 9 nitrogen and oxygen atoms in total. The maximum Gasteiger partial charge on any atom is 0.306 e. The lowest BCUT2D eigenvalue weighted by Gasteiger charge is -2.22. The summed E-state index contributed by atoms with van der Waals surface area (Å²) in [6.45, 7) is 5.94. The molecule has 1 saturated heterocycles. The molecule has 0 bridgehead atoms. The van der Waals surface area contributed by atoms with Gasteiger partial charge in [0.1, 0.15) is 24.5 Å². The number of nitrogens with one attached hydrogen (secondary N) is 1. The SMILES string of the molecule is CCCC(=O)Nc1ncnn2c(C3(C#N)CCC(COC(=O)CC(C)C)O3)ccc12. The number of ether oxygens (including phenoxy) is 2. The highest BCUT2D eigenvalue weighted by molar-refractivity contribution is 5.93. The van der Waals surface area contributed by atoms with Crippen molar-refractivity contribution < 1.29 is 19.1 Å². The van der Waals surface area contributed by atoms with Gasteiger partial charge in [-0.05, 0) is 37.3 Å². The van der Waals surface area contributed by atoms with Crippen molar-refractivity contribution in [1.29, 1.82) is 5.26 Å². The van der Waals surface area contributed by atoms with Crippen LogP contribution in [-0.2, 0) is 24.7 Å². The molecule has 1 amide bonds. The zero-order chi connectivity index (χ0) is 21.7. The minimum absolute atomic E-state index is 0.117. The number of hydrogen-bond acceptors (Lipinski definition) is 7. The lowest BCUT2D eigenvalue weighted by Crippen LogP contribution is -2.29. The average Bonchev–Trinajstić information content (AvgIpc) is 3.31. The van der Waals surface area contributed by atoms with Gasteiger partial charge in [-0.15, -0.1) is 0 Å². The fourth-order valence-electron chi connectivity index (χ4n) is 3.55. The Morgan fingerprint density at radius 3 is 2.97 bits per heavy atom. The largest absolute Gasteiger partial charge is 0.463 e. The zero-order valence-electron chi connectivity index (χ0n) is 17.6. The summed E-state index contributed by atoms with van der Waals surface area (Å²) in [6.07, 6.45) is 3.48. The molecule has 3 heterocycles. The molecule has 2 unspecified atom stereocenters. The first kappa shape index (κ1) is 21.7. The second-order valence-electron chi connectivity index (χ2n) is 7.92. The van der Waals surface area contributed by atoms with Crippen LogP contribution in [0.4, 0.5) is 5.82 Å². The minimum atomic E-state index is -1.21. The molecule has 9 heteroatoms. The van der Waals surface area contributed by atoms with Gasteiger partial charge in [0.2, 0.25) is 5.91 Å². The van der Waals surface area contributed by atoms with Crippen molar-refractivity contribution in [3.63, 3.8) is 0 Å². The Balaban J connectivity index is 1.78. The number of nitriles is 1. The van der Waals surface area contributed by atoms with Crippen LogP contribution in [0.3, 0.4) is 0 Å². The van der Waals surface area contributed by atoms with Crippen LogP contribution in [0, 0.1) is 17.2 Å². The van der Waals surface area contributed by atoms with Gasteiger partial charge in [0.25, 0.3) is 0 Å². The first-order valence-corrected chi connectivity index (χ1v) is 10.3. The molecule has 0 saturated carbocycles. The van der Waals surface area contributed by atoms with Crippen LogP contribution in [0.15, 0.2) is 18.5 Å². The fourth-order valence-corrected chi connectivity index (χ4v) is 3.55. The van der Waals surface area contributed by atoms with Gasteiger partial charge in [-0.25, -0.2) is 9.50 Å². The Kier molecular flexibility index (Phi) is 6.67. The van der Waals surface area contributed by atoms with E-state index in [1.165, 1.54) is 6.33 Å². The number of nitrogens with zero attached hydrogens (tertiary/aromatic N) is 4. The number of fused-ring (bicyclic) bond motifs is 1. The Hall–Kier alpha value is -2.99. The van der Waals surface area contributed by atoms with Crippen molar-refractivity contribution in [2.75, 3.05) is 11.9 Å². The highest BCUT2D eigenvalue weighted by Crippen LogP contribution is 2.40. The summed E-state index contributed by atoms with van der Waals surface area (Å²) in [5.74, 6) is 0.214. The highest BCUT2D eigenvalue weighted by Gasteiger charge is 2.45. The Morgan fingerprint density at radius 1 is 1.47 bits per heavy atom. The van der Waals surface area contributed by atoms with Crippen LogP contribution < -0.4 is 5.32 Å². The van der Waals surface area contributed by atoms with E-state index in [-0.39, 0.29) is 30.5 Å². The van der Waals surface area contributed by atoms with Gasteiger partial charge in [0.05, 0.1) is 11.8 Å². The van der Waals surface area contributed by atoms with Gasteiger partial charge < -0.3 is 14.8 Å². The summed E-state index contributed by atoms with van der Waals surface area (Å²) in [5, 5.41) is 17.0. The molecule has 2 atom stereocenters. The van der Waals surface area contributed by atoms with Gasteiger partial charge in [-0.3, -0.25) is 9.59 Å². The molecular weight excluding hydrogens is 386 g/mol. The summed E-state index contributed by atoms with van der Waals surface area (Å²) in [7, 11) is 0. The van der Waals surface area contributed by atoms with Crippen molar-refractivity contribution >= 4 is 23.2 Å². The molecular formula is C21H27N5O4. The normalized spacial score (nSPS) is 21.0. The maximum atomic E-state index is 12.0. The quantitative estimate of drug-likeness (QED) is 0.661. The first-order chi connectivity index (χ1) is 14.4. The number of aromatic nitrogens is 3. The van der Waals surface area contributed by atoms with E-state index < -0.39 is 5.60 Å². The third-order valence-corrected chi connectivity index (χ3v) is 4.97. The lowest BCUT2D eigenvalue weighted by atomic mass is 9.98. The molecule has 1 aliphatic heterocycles. The third kappa shape index (κ3) is 4.60. The molecule has 1 aliphatic rings. The lowest BCUT2D eigenvalue weighted by molar-refractivity contribution is -0.149. The van der Waals surface area contributed by atoms with Crippen LogP contribution in [-0.4, -0.2) is 39.2 Å². The molecule has 0 aromatic carbocycles. The van der Waals surface area contributed by atoms with E-state index in [0.717, 1.165) is 6.42 Å². The first-order valence-electron chi connectivity index (χ1n) is 10.3. The molecule has 0 spiro atoms. The van der Waals surface area contributed by atoms with Crippen LogP contribution in [0.5, 0.6) is 0 Å². The number of amides is 1. The Bertz CT molecular complexity index is 964. The number of anilines is 1. The van der Waals surface area contributed by atoms with Crippen molar-refractivity contribution in [3.05, 3.63) is 24.2 Å². The summed E-state index contributed by atoms with van der Waals surface area (Å²) >= 11 is 0. The van der Waals surface area contributed by atoms with Crippen molar-refractivity contribution in [1.82, 2.24) is 14.6 Å². The zero-order valence-corrected chi connectivity index (χ0v) is 17.6. The predicted molar refractivity (Wildman–Crippen MR) is 108 cm³/mol. The molecule has 3 rings (SSSR count). The maximum absolute atomic E-state index is 12.0. The van der Waals surface area contributed by atoms with Gasteiger partial charge in [-0.1, -0.05) is 20.8 Å². The third-order valence-electron chi connectivity index (χ3n) is 4.97. The van der Waals surface area contributed by atoms with E-state index in [1.54, 1.807) is 16.6 Å². The summed E-state index contributed by atoms with van der Waals surface area (Å²) in [6, 6.07) is 5.79. The number of esters is 1. The summed E-state index contributed by atoms with van der Waals surface area (Å²) in [5.41, 5.74) is -0.0629. The highest BCUT2D eigenvalue weighted by atomic mass is 16.6. The van der Waals surface area contributed by atoms with Crippen molar-refractivity contribution in [3.8, 4) is 6.07 Å². The standard InChI is InChI=1S/C21H27N5O4/c1-4-5-18(27)25-20-16-6-7-17(26(16)24-13-23-20)21(12-22)9-8-15(30-21)11-29-19(28)10-14(2)3/h6-7,13-15H,4-5,8-11H2,1-3H3,(H,23,24,25,27). The van der Waals surface area contributed by atoms with Crippen molar-refractivity contribution in [2.45, 2.75) is 64.6 Å². The van der Waals surface area contributed by atoms with Crippen LogP contribution in [0.2, 0.25) is 0 Å². The second kappa shape index (κ2) is 9.22. The molecule has 1 N–H and O–H groups in total. The van der Waals surface area contributed by atoms with Crippen LogP contribution in [0.1, 0.15) is 58.6 Å². The van der Waals surface area contributed by atoms with E-state index in [2.05, 4.69) is 21.5 Å². The predicted octanol–water partition coefficient (Wildman–Crippen LogP) is 2.96. The Labute approximate surface area is 175 Å². The second-order valence-corrected chi connectivity index (χ2v) is 7.92. The number of rotatable bonds is 8. The number of carbonyl (C=O) groups is 2. The van der Waals surface area contributed by atoms with Crippen LogP contribution >= 0.6 is 0 Å². The number of carbonyl (C=O) groups excluding carboxylic acids is 2. The minimum Gasteiger partial charge on any atom is -0.463 e. The van der Waals surface area contributed by atoms with Gasteiger partial charge >= 0.3 is 5.97 Å². The Morgan fingerprint density at radius 2 is 2.27 bits per heavy atom. The topological polar surface area (TPSA) is 119 Å². The van der Waals surface area contributed by atoms with Gasteiger partial charge in [-0.2, -0.15) is 10.4 Å². The van der Waals surface area contributed by atoms with Gasteiger partial charge in [0.15, 0.2) is 11.4 Å². The number of hydrogen-bond donors (Lipinski definition) is 1. The monoisotopic (exact) mass is 413 g/mol. The summed E-state index contributed by atoms with van der Waals surface area (Å²) in [4.78, 5) is 28.0. The molecule has 0 aliphatic carbocycles. The molecule has 30 heavy (non-hydrogen) atoms. The molecule has 0 radical (unpaired) electrons. The molecule has 1 fully saturated rings. The fraction of sp³-hybridized carbons (Fsp3) is 0.571. The van der Waals surface area contributed by atoms with E-state index in [1.807, 2.05) is 20.8 Å². The van der Waals surface area contributed by atoms with Crippen molar-refractivity contribution in [2.24, 2.45) is 5.92 Å².